The maximum Gasteiger partial charge on any atom is 0.329 e. The smallest absolute Gasteiger partial charge is 0.329 e. The number of carbonyl (C=O) groups is 6. The first kappa shape index (κ1) is 60.4. The summed E-state index contributed by atoms with van der Waals surface area (Å²) in [5, 5.41) is 8.66. The first-order chi connectivity index (χ1) is 35.7. The minimum atomic E-state index is -4.30. The minimum absolute atomic E-state index is 0.0206. The van der Waals surface area contributed by atoms with Gasteiger partial charge in [0, 0.05) is 70.5 Å². The minimum Gasteiger partial charge on any atom is -0.370 e. The van der Waals surface area contributed by atoms with Crippen LogP contribution in [0.2, 0.25) is 0 Å². The molecule has 3 aliphatic heterocycles. The largest absolute Gasteiger partial charge is 0.370 e. The fourth-order valence-electron chi connectivity index (χ4n) is 10.9. The van der Waals surface area contributed by atoms with Crippen LogP contribution in [0.1, 0.15) is 178 Å². The summed E-state index contributed by atoms with van der Waals surface area (Å²) in [6.45, 7) is 7.87. The second-order valence-electron chi connectivity index (χ2n) is 21.4. The molecule has 17 heteroatoms. The van der Waals surface area contributed by atoms with E-state index in [-0.39, 0.29) is 50.5 Å². The fourth-order valence-corrected chi connectivity index (χ4v) is 11.6. The van der Waals surface area contributed by atoms with E-state index in [0.29, 0.717) is 49.8 Å². The van der Waals surface area contributed by atoms with Crippen molar-refractivity contribution < 1.29 is 43.1 Å². The van der Waals surface area contributed by atoms with Crippen molar-refractivity contribution in [1.29, 1.82) is 0 Å². The Bertz CT molecular complexity index is 2080. The Kier molecular flexibility index (Phi) is 26.8. The second-order valence-corrected chi connectivity index (χ2v) is 23.1. The maximum absolute atomic E-state index is 14.6. The summed E-state index contributed by atoms with van der Waals surface area (Å²) in [6.07, 6.45) is 22.1. The Morgan fingerprint density at radius 3 is 1.88 bits per heavy atom. The van der Waals surface area contributed by atoms with Crippen LogP contribution in [-0.4, -0.2) is 123 Å². The SMILES string of the molecule is CCCCCCCCCCCCCCCCN1CCN(CCC(=O)C[C@@H](Cc2ccc(CP(=O)(O)O)cc2)C(=O)N[C@H]2CCCCC3CC[C@@H](C(=O)N[C@@H](CCC(N)=O)C(=O)NCc4ccccc4)N3C2=O)CC1. The number of nitrogens with two attached hydrogens (primary N) is 1. The molecule has 74 heavy (non-hydrogen) atoms. The van der Waals surface area contributed by atoms with Gasteiger partial charge >= 0.3 is 7.60 Å². The Balaban J connectivity index is 1.13. The lowest BCUT2D eigenvalue weighted by atomic mass is 9.91. The van der Waals surface area contributed by atoms with E-state index in [0.717, 1.165) is 44.7 Å². The van der Waals surface area contributed by atoms with Gasteiger partial charge in [-0.15, -0.1) is 0 Å². The van der Waals surface area contributed by atoms with Crippen LogP contribution in [0.15, 0.2) is 54.6 Å². The third-order valence-corrected chi connectivity index (χ3v) is 16.1. The van der Waals surface area contributed by atoms with E-state index in [1.165, 1.54) is 89.9 Å². The van der Waals surface area contributed by atoms with Crippen molar-refractivity contribution in [3.8, 4) is 0 Å². The lowest BCUT2D eigenvalue weighted by Gasteiger charge is -2.36. The van der Waals surface area contributed by atoms with Crippen molar-refractivity contribution in [2.75, 3.05) is 39.3 Å². The van der Waals surface area contributed by atoms with Crippen molar-refractivity contribution in [1.82, 2.24) is 30.7 Å². The molecule has 1 unspecified atom stereocenters. The zero-order chi connectivity index (χ0) is 53.1. The van der Waals surface area contributed by atoms with E-state index in [1.54, 1.807) is 29.2 Å². The number of rotatable bonds is 34. The van der Waals surface area contributed by atoms with Gasteiger partial charge in [-0.3, -0.25) is 33.3 Å². The Morgan fingerprint density at radius 1 is 0.689 bits per heavy atom. The van der Waals surface area contributed by atoms with Crippen LogP contribution < -0.4 is 21.7 Å². The highest BCUT2D eigenvalue weighted by molar-refractivity contribution is 7.50. The van der Waals surface area contributed by atoms with E-state index in [2.05, 4.69) is 32.7 Å². The average molecular weight is 1050 g/mol. The van der Waals surface area contributed by atoms with Gasteiger partial charge in [-0.2, -0.15) is 0 Å². The van der Waals surface area contributed by atoms with Crippen LogP contribution in [0.3, 0.4) is 0 Å². The molecule has 0 aliphatic carbocycles. The van der Waals surface area contributed by atoms with Crippen molar-refractivity contribution >= 4 is 42.9 Å². The van der Waals surface area contributed by atoms with Crippen LogP contribution in [0.25, 0.3) is 0 Å². The van der Waals surface area contributed by atoms with Crippen molar-refractivity contribution in [3.05, 3.63) is 71.3 Å². The first-order valence-electron chi connectivity index (χ1n) is 28.3. The number of nitrogens with one attached hydrogen (secondary N) is 3. The molecule has 0 bridgehead atoms. The lowest BCUT2D eigenvalue weighted by molar-refractivity contribution is -0.145. The van der Waals surface area contributed by atoms with Gasteiger partial charge in [-0.1, -0.05) is 158 Å². The molecular weight excluding hydrogens is 958 g/mol. The molecule has 2 aromatic carbocycles. The van der Waals surface area contributed by atoms with Crippen LogP contribution in [0.5, 0.6) is 0 Å². The molecule has 3 saturated heterocycles. The molecule has 0 saturated carbocycles. The Hall–Kier alpha value is -4.47. The van der Waals surface area contributed by atoms with Crippen LogP contribution in [-0.2, 0) is 52.5 Å². The average Bonchev–Trinajstić information content (AvgIpc) is 3.80. The van der Waals surface area contributed by atoms with E-state index >= 15 is 0 Å². The quantitative estimate of drug-likeness (QED) is 0.0298. The van der Waals surface area contributed by atoms with Crippen molar-refractivity contribution in [3.63, 3.8) is 0 Å². The molecule has 16 nitrogen and oxygen atoms in total. The van der Waals surface area contributed by atoms with E-state index < -0.39 is 67.3 Å². The Morgan fingerprint density at radius 2 is 1.27 bits per heavy atom. The molecule has 0 aromatic heterocycles. The molecule has 3 fully saturated rings. The summed E-state index contributed by atoms with van der Waals surface area (Å²) < 4.78 is 11.7. The summed E-state index contributed by atoms with van der Waals surface area (Å²) in [6, 6.07) is 12.8. The number of Topliss-reactive ketones (excluding diaryl/α,β-unsaturated/α-hetero) is 1. The lowest BCUT2D eigenvalue weighted by Crippen LogP contribution is -2.58. The number of hydrogen-bond donors (Lipinski definition) is 6. The summed E-state index contributed by atoms with van der Waals surface area (Å²) in [5.41, 5.74) is 7.46. The number of benzene rings is 2. The number of ketones is 1. The van der Waals surface area contributed by atoms with Crippen molar-refractivity contribution in [2.24, 2.45) is 11.7 Å². The molecule has 5 rings (SSSR count). The normalized spacial score (nSPS) is 19.5. The van der Waals surface area contributed by atoms with Gasteiger partial charge in [0.2, 0.25) is 29.5 Å². The number of fused-ring (bicyclic) bond motifs is 1. The van der Waals surface area contributed by atoms with E-state index in [9.17, 15) is 43.1 Å². The standard InChI is InChI=1S/C57H90N7O9P/c1-2-3-4-5-6-7-8-9-10-11-12-13-14-20-34-62-36-38-63(39-37-62)35-33-49(65)41-47(40-44-25-27-46(28-26-44)43-74(71,72)73)54(67)61-51-24-19-18-23-48-29-31-52(64(48)57(51)70)56(69)60-50(30-32-53(58)66)55(68)59-42-45-21-16-15-17-22-45/h15-17,21-22,25-28,47-48,50-52H,2-14,18-20,23-24,29-43H2,1H3,(H2,58,66)(H,59,68)(H,60,69)(H,61,67)(H2,71,72,73)/t47-,48?,50+,51+,52+/m1/s1. The second kappa shape index (κ2) is 32.9. The van der Waals surface area contributed by atoms with Crippen LogP contribution >= 0.6 is 7.60 Å². The highest BCUT2D eigenvalue weighted by Crippen LogP contribution is 2.39. The Labute approximate surface area is 441 Å². The molecule has 0 spiro atoms. The number of unbranched alkanes of at least 4 members (excludes halogenated alkanes) is 13. The summed E-state index contributed by atoms with van der Waals surface area (Å²) in [5.74, 6) is -3.35. The number of piperazine rings is 1. The molecule has 0 radical (unpaired) electrons. The van der Waals surface area contributed by atoms with E-state index in [4.69, 9.17) is 5.73 Å². The van der Waals surface area contributed by atoms with Gasteiger partial charge < -0.3 is 46.2 Å². The third kappa shape index (κ3) is 22.4. The molecule has 5 atom stereocenters. The number of carbonyl (C=O) groups excluding carboxylic acids is 6. The number of nitrogens with zero attached hydrogens (tertiary/aromatic N) is 3. The zero-order valence-electron chi connectivity index (χ0n) is 44.5. The van der Waals surface area contributed by atoms with Gasteiger partial charge in [0.25, 0.3) is 0 Å². The maximum atomic E-state index is 14.6. The highest BCUT2D eigenvalue weighted by atomic mass is 31.2. The van der Waals surface area contributed by atoms with Gasteiger partial charge in [-0.25, -0.2) is 0 Å². The predicted molar refractivity (Wildman–Crippen MR) is 290 cm³/mol. The summed E-state index contributed by atoms with van der Waals surface area (Å²) in [7, 11) is -4.30. The molecule has 2 aromatic rings. The predicted octanol–water partition coefficient (Wildman–Crippen LogP) is 7.46. The number of amides is 5. The zero-order valence-corrected chi connectivity index (χ0v) is 45.4. The highest BCUT2D eigenvalue weighted by Gasteiger charge is 2.45. The summed E-state index contributed by atoms with van der Waals surface area (Å²) >= 11 is 0. The molecular formula is C57H90N7O9P. The van der Waals surface area contributed by atoms with Crippen LogP contribution in [0, 0.1) is 5.92 Å². The molecule has 3 aliphatic rings. The molecule has 5 amide bonds. The van der Waals surface area contributed by atoms with Crippen molar-refractivity contribution in [2.45, 2.75) is 204 Å². The molecule has 7 N–H and O–H groups in total. The fraction of sp³-hybridized carbons (Fsp3) is 0.684. The van der Waals surface area contributed by atoms with Gasteiger partial charge in [-0.05, 0) is 68.2 Å². The van der Waals surface area contributed by atoms with Gasteiger partial charge in [0.05, 0.1) is 6.16 Å². The van der Waals surface area contributed by atoms with E-state index in [1.807, 2.05) is 30.3 Å². The molecule has 3 heterocycles. The summed E-state index contributed by atoms with van der Waals surface area (Å²) in [4.78, 5) is 108. The first-order valence-corrected chi connectivity index (χ1v) is 30.1. The molecule has 412 valence electrons. The number of hydrogen-bond acceptors (Lipinski definition) is 9. The third-order valence-electron chi connectivity index (χ3n) is 15.3. The van der Waals surface area contributed by atoms with Gasteiger partial charge in [0.15, 0.2) is 0 Å². The monoisotopic (exact) mass is 1050 g/mol. The van der Waals surface area contributed by atoms with Gasteiger partial charge in [0.1, 0.15) is 23.9 Å². The van der Waals surface area contributed by atoms with Crippen LogP contribution in [0.4, 0.5) is 0 Å². The number of primary amides is 1. The topological polar surface area (TPSA) is 232 Å².